The molecule has 0 bridgehead atoms. The van der Waals surface area contributed by atoms with Crippen LogP contribution < -0.4 is 5.32 Å². The monoisotopic (exact) mass is 238 g/mol. The van der Waals surface area contributed by atoms with Crippen LogP contribution >= 0.6 is 0 Å². The van der Waals surface area contributed by atoms with Crippen LogP contribution in [0.15, 0.2) is 0 Å². The molecule has 2 fully saturated rings. The second-order valence-corrected chi connectivity index (χ2v) is 5.56. The van der Waals surface area contributed by atoms with Crippen LogP contribution in [0, 0.1) is 0 Å². The Kier molecular flexibility index (Phi) is 2.92. The van der Waals surface area contributed by atoms with E-state index in [9.17, 15) is 9.59 Å². The average Bonchev–Trinajstić information content (AvgIpc) is 2.24. The maximum atomic E-state index is 12.5. The summed E-state index contributed by atoms with van der Waals surface area (Å²) in [5.74, 6) is 0.0785. The molecule has 1 unspecified atom stereocenters. The number of carbonyl (C=O) groups is 2. The largest absolute Gasteiger partial charge is 0.340 e. The minimum atomic E-state index is -0.701. The van der Waals surface area contributed by atoms with E-state index in [2.05, 4.69) is 12.2 Å². The van der Waals surface area contributed by atoms with E-state index in [1.807, 2.05) is 18.7 Å². The highest BCUT2D eigenvalue weighted by Crippen LogP contribution is 2.42. The van der Waals surface area contributed by atoms with E-state index in [-0.39, 0.29) is 23.9 Å². The van der Waals surface area contributed by atoms with Crippen molar-refractivity contribution in [2.45, 2.75) is 64.0 Å². The zero-order valence-electron chi connectivity index (χ0n) is 11.0. The summed E-state index contributed by atoms with van der Waals surface area (Å²) in [6.45, 7) is 6.13. The van der Waals surface area contributed by atoms with Crippen molar-refractivity contribution in [3.63, 3.8) is 0 Å². The molecule has 2 rings (SSSR count). The van der Waals surface area contributed by atoms with E-state index in [0.29, 0.717) is 6.42 Å². The first-order valence-electron chi connectivity index (χ1n) is 6.60. The fraction of sp³-hybridized carbons (Fsp3) is 0.846. The van der Waals surface area contributed by atoms with E-state index in [1.54, 1.807) is 0 Å². The van der Waals surface area contributed by atoms with Crippen LogP contribution in [0.3, 0.4) is 0 Å². The Morgan fingerprint density at radius 2 is 1.88 bits per heavy atom. The highest BCUT2D eigenvalue weighted by Gasteiger charge is 2.51. The molecule has 1 saturated heterocycles. The molecule has 0 aromatic heterocycles. The molecule has 96 valence electrons. The van der Waals surface area contributed by atoms with Gasteiger partial charge in [0, 0.05) is 5.54 Å². The predicted octanol–water partition coefficient (Wildman–Crippen LogP) is 1.45. The summed E-state index contributed by atoms with van der Waals surface area (Å²) in [7, 11) is 0. The van der Waals surface area contributed by atoms with Crippen LogP contribution in [0.5, 0.6) is 0 Å². The van der Waals surface area contributed by atoms with Crippen molar-refractivity contribution in [2.75, 3.05) is 6.54 Å². The summed E-state index contributed by atoms with van der Waals surface area (Å²) >= 11 is 0. The Labute approximate surface area is 103 Å². The molecule has 1 atom stereocenters. The second-order valence-electron chi connectivity index (χ2n) is 5.56. The summed E-state index contributed by atoms with van der Waals surface area (Å²) in [5.41, 5.74) is -0.738. The number of hydrogen-bond donors (Lipinski definition) is 1. The average molecular weight is 238 g/mol. The molecular formula is C13H22N2O2. The lowest BCUT2D eigenvalue weighted by Crippen LogP contribution is -2.71. The minimum absolute atomic E-state index is 0.0197. The van der Waals surface area contributed by atoms with E-state index >= 15 is 0 Å². The van der Waals surface area contributed by atoms with Gasteiger partial charge < -0.3 is 10.2 Å². The second kappa shape index (κ2) is 4.00. The minimum Gasteiger partial charge on any atom is -0.340 e. The first kappa shape index (κ1) is 12.4. The fourth-order valence-corrected chi connectivity index (χ4v) is 2.94. The lowest BCUT2D eigenvalue weighted by atomic mass is 9.72. The number of piperazine rings is 1. The molecular weight excluding hydrogens is 216 g/mol. The molecule has 0 radical (unpaired) electrons. The van der Waals surface area contributed by atoms with Gasteiger partial charge >= 0.3 is 0 Å². The van der Waals surface area contributed by atoms with Crippen LogP contribution in [0.25, 0.3) is 0 Å². The summed E-state index contributed by atoms with van der Waals surface area (Å²) in [4.78, 5) is 26.2. The molecule has 1 aliphatic carbocycles. The van der Waals surface area contributed by atoms with Gasteiger partial charge in [0.2, 0.25) is 11.8 Å². The molecule has 4 nitrogen and oxygen atoms in total. The molecule has 0 spiro atoms. The Morgan fingerprint density at radius 3 is 2.29 bits per heavy atom. The third-order valence-corrected chi connectivity index (χ3v) is 4.66. The van der Waals surface area contributed by atoms with E-state index in [1.165, 1.54) is 6.42 Å². The van der Waals surface area contributed by atoms with Gasteiger partial charge in [0.15, 0.2) is 0 Å². The molecule has 1 heterocycles. The van der Waals surface area contributed by atoms with Gasteiger partial charge in [-0.25, -0.2) is 0 Å². The third-order valence-electron chi connectivity index (χ3n) is 4.66. The Hall–Kier alpha value is -1.06. The lowest BCUT2D eigenvalue weighted by molar-refractivity contribution is -0.160. The lowest BCUT2D eigenvalue weighted by Gasteiger charge is -2.54. The number of nitrogens with zero attached hydrogens (tertiary/aromatic N) is 1. The fourth-order valence-electron chi connectivity index (χ4n) is 2.94. The van der Waals surface area contributed by atoms with Gasteiger partial charge in [0.1, 0.15) is 12.1 Å². The zero-order valence-corrected chi connectivity index (χ0v) is 11.0. The highest BCUT2D eigenvalue weighted by atomic mass is 16.2. The maximum Gasteiger partial charge on any atom is 0.248 e. The molecule has 0 aromatic rings. The first-order chi connectivity index (χ1) is 7.97. The third kappa shape index (κ3) is 1.74. The molecule has 2 amide bonds. The van der Waals surface area contributed by atoms with Crippen LogP contribution in [-0.2, 0) is 9.59 Å². The van der Waals surface area contributed by atoms with Gasteiger partial charge in [-0.15, -0.1) is 0 Å². The smallest absolute Gasteiger partial charge is 0.248 e. The molecule has 2 aliphatic rings. The van der Waals surface area contributed by atoms with Crippen LogP contribution in [0.1, 0.15) is 52.9 Å². The van der Waals surface area contributed by atoms with Crippen molar-refractivity contribution in [3.8, 4) is 0 Å². The first-order valence-corrected chi connectivity index (χ1v) is 6.60. The Morgan fingerprint density at radius 1 is 1.24 bits per heavy atom. The Balaban J connectivity index is 2.28. The van der Waals surface area contributed by atoms with Gasteiger partial charge in [-0.05, 0) is 39.0 Å². The Bertz CT molecular complexity index is 344. The van der Waals surface area contributed by atoms with Crippen molar-refractivity contribution in [1.29, 1.82) is 0 Å². The van der Waals surface area contributed by atoms with Crippen molar-refractivity contribution in [2.24, 2.45) is 0 Å². The molecule has 0 aromatic carbocycles. The van der Waals surface area contributed by atoms with E-state index < -0.39 is 5.54 Å². The summed E-state index contributed by atoms with van der Waals surface area (Å²) in [6, 6.07) is 0. The van der Waals surface area contributed by atoms with Crippen molar-refractivity contribution >= 4 is 11.8 Å². The normalized spacial score (nSPS) is 32.1. The topological polar surface area (TPSA) is 49.4 Å². The number of carbonyl (C=O) groups excluding carboxylic acids is 2. The zero-order chi connectivity index (χ0) is 12.7. The van der Waals surface area contributed by atoms with Crippen LogP contribution in [0.4, 0.5) is 0 Å². The standard InChI is InChI=1S/C13H22N2O2/c1-4-12(3)11(17)15(9-10(16)14-12)13(5-2)7-6-8-13/h4-9H2,1-3H3,(H,14,16). The molecule has 17 heavy (non-hydrogen) atoms. The van der Waals surface area contributed by atoms with Crippen molar-refractivity contribution in [1.82, 2.24) is 10.2 Å². The highest BCUT2D eigenvalue weighted by molar-refractivity contribution is 5.98. The number of hydrogen-bond acceptors (Lipinski definition) is 2. The molecule has 1 saturated carbocycles. The van der Waals surface area contributed by atoms with Crippen molar-refractivity contribution in [3.05, 3.63) is 0 Å². The summed E-state index contributed by atoms with van der Waals surface area (Å²) in [6.07, 6.45) is 4.85. The van der Waals surface area contributed by atoms with Crippen LogP contribution in [-0.4, -0.2) is 34.3 Å². The van der Waals surface area contributed by atoms with E-state index in [4.69, 9.17) is 0 Å². The van der Waals surface area contributed by atoms with Gasteiger partial charge in [-0.2, -0.15) is 0 Å². The quantitative estimate of drug-likeness (QED) is 0.809. The van der Waals surface area contributed by atoms with Gasteiger partial charge in [-0.3, -0.25) is 9.59 Å². The van der Waals surface area contributed by atoms with Gasteiger partial charge in [0.05, 0.1) is 0 Å². The van der Waals surface area contributed by atoms with Gasteiger partial charge in [-0.1, -0.05) is 13.8 Å². The van der Waals surface area contributed by atoms with E-state index in [0.717, 1.165) is 19.3 Å². The predicted molar refractivity (Wildman–Crippen MR) is 65.4 cm³/mol. The molecule has 1 aliphatic heterocycles. The van der Waals surface area contributed by atoms with Gasteiger partial charge in [0.25, 0.3) is 0 Å². The van der Waals surface area contributed by atoms with Crippen molar-refractivity contribution < 1.29 is 9.59 Å². The summed E-state index contributed by atoms with van der Waals surface area (Å²) < 4.78 is 0. The van der Waals surface area contributed by atoms with Crippen LogP contribution in [0.2, 0.25) is 0 Å². The molecule has 1 N–H and O–H groups in total. The number of nitrogens with one attached hydrogen (secondary N) is 1. The summed E-state index contributed by atoms with van der Waals surface area (Å²) in [5, 5.41) is 2.84. The SMILES string of the molecule is CCC1(C)NC(=O)CN(C2(CC)CCC2)C1=O. The molecule has 4 heteroatoms. The number of rotatable bonds is 3. The maximum absolute atomic E-state index is 12.5. The number of amides is 2.